The molecule has 0 saturated carbocycles. The standard InChI is InChI=1S/C30H30O4/c1-4-23(3)34-28-15-13-25(14-16-28)18-20-33-30-8-6-7-29(22-30)32-19-17-24-9-11-26(12-10-24)21-27(31)5-2/h4-16,22H,1-3,17-21H2. The molecule has 4 nitrogen and oxygen atoms in total. The molecule has 0 fully saturated rings. The summed E-state index contributed by atoms with van der Waals surface area (Å²) in [5.41, 5.74) is 3.30. The summed E-state index contributed by atoms with van der Waals surface area (Å²) in [6.45, 7) is 12.0. The summed E-state index contributed by atoms with van der Waals surface area (Å²) >= 11 is 0. The molecule has 0 bridgehead atoms. The molecule has 0 spiro atoms. The van der Waals surface area contributed by atoms with Crippen molar-refractivity contribution in [3.05, 3.63) is 127 Å². The summed E-state index contributed by atoms with van der Waals surface area (Å²) in [7, 11) is 0. The Morgan fingerprint density at radius 2 is 1.24 bits per heavy atom. The van der Waals surface area contributed by atoms with Crippen molar-refractivity contribution in [2.75, 3.05) is 13.2 Å². The Bertz CT molecular complexity index is 1020. The topological polar surface area (TPSA) is 44.8 Å². The van der Waals surface area contributed by atoms with Crippen LogP contribution in [0.3, 0.4) is 0 Å². The van der Waals surface area contributed by atoms with E-state index >= 15 is 0 Å². The Labute approximate surface area is 201 Å². The minimum Gasteiger partial charge on any atom is -0.493 e. The first-order chi connectivity index (χ1) is 16.6. The summed E-state index contributed by atoms with van der Waals surface area (Å²) in [6.07, 6.45) is 4.88. The first-order valence-electron chi connectivity index (χ1n) is 11.2. The van der Waals surface area contributed by atoms with Gasteiger partial charge in [0.15, 0.2) is 5.78 Å². The van der Waals surface area contributed by atoms with Crippen molar-refractivity contribution < 1.29 is 19.0 Å². The predicted molar refractivity (Wildman–Crippen MR) is 137 cm³/mol. The minimum atomic E-state index is 0.0246. The highest BCUT2D eigenvalue weighted by atomic mass is 16.5. The number of hydrogen-bond donors (Lipinski definition) is 0. The van der Waals surface area contributed by atoms with E-state index in [1.54, 1.807) is 6.08 Å². The van der Waals surface area contributed by atoms with E-state index in [9.17, 15) is 4.79 Å². The van der Waals surface area contributed by atoms with Crippen LogP contribution in [0, 0.1) is 0 Å². The fourth-order valence-corrected chi connectivity index (χ4v) is 3.24. The fourth-order valence-electron chi connectivity index (χ4n) is 3.24. The summed E-state index contributed by atoms with van der Waals surface area (Å²) in [6, 6.07) is 23.5. The van der Waals surface area contributed by atoms with E-state index in [1.807, 2.05) is 72.8 Å². The van der Waals surface area contributed by atoms with Gasteiger partial charge in [0.25, 0.3) is 0 Å². The smallest absolute Gasteiger partial charge is 0.159 e. The molecule has 174 valence electrons. The molecule has 0 atom stereocenters. The predicted octanol–water partition coefficient (Wildman–Crippen LogP) is 6.31. The highest BCUT2D eigenvalue weighted by Crippen LogP contribution is 2.21. The molecule has 3 aromatic carbocycles. The Hall–Kier alpha value is -4.05. The number of carbonyl (C=O) groups is 1. The summed E-state index contributed by atoms with van der Waals surface area (Å²) < 4.78 is 17.3. The van der Waals surface area contributed by atoms with Crippen molar-refractivity contribution in [2.24, 2.45) is 0 Å². The third kappa shape index (κ3) is 8.14. The quantitative estimate of drug-likeness (QED) is 0.163. The van der Waals surface area contributed by atoms with Gasteiger partial charge in [0.05, 0.1) is 13.2 Å². The normalized spacial score (nSPS) is 10.2. The zero-order valence-electron chi connectivity index (χ0n) is 19.4. The van der Waals surface area contributed by atoms with E-state index in [-0.39, 0.29) is 5.78 Å². The lowest BCUT2D eigenvalue weighted by molar-refractivity contribution is -0.114. The third-order valence-electron chi connectivity index (χ3n) is 5.15. The van der Waals surface area contributed by atoms with Crippen molar-refractivity contribution in [1.29, 1.82) is 0 Å². The second kappa shape index (κ2) is 12.9. The van der Waals surface area contributed by atoms with Gasteiger partial charge < -0.3 is 14.2 Å². The molecule has 0 radical (unpaired) electrons. The average molecular weight is 455 g/mol. The molecule has 0 heterocycles. The van der Waals surface area contributed by atoms with Gasteiger partial charge in [-0.2, -0.15) is 0 Å². The Morgan fingerprint density at radius 1 is 0.706 bits per heavy atom. The van der Waals surface area contributed by atoms with Gasteiger partial charge in [0.2, 0.25) is 0 Å². The van der Waals surface area contributed by atoms with E-state index in [0.29, 0.717) is 25.4 Å². The summed E-state index contributed by atoms with van der Waals surface area (Å²) in [4.78, 5) is 11.5. The van der Waals surface area contributed by atoms with Gasteiger partial charge in [0.1, 0.15) is 23.0 Å². The first-order valence-corrected chi connectivity index (χ1v) is 11.2. The van der Waals surface area contributed by atoms with Gasteiger partial charge >= 0.3 is 0 Å². The molecular formula is C30H30O4. The van der Waals surface area contributed by atoms with Crippen LogP contribution in [0.4, 0.5) is 0 Å². The van der Waals surface area contributed by atoms with Crippen molar-refractivity contribution in [3.8, 4) is 17.2 Å². The van der Waals surface area contributed by atoms with Crippen molar-refractivity contribution in [2.45, 2.75) is 19.3 Å². The Morgan fingerprint density at radius 3 is 1.76 bits per heavy atom. The van der Waals surface area contributed by atoms with Gasteiger partial charge in [-0.25, -0.2) is 0 Å². The highest BCUT2D eigenvalue weighted by molar-refractivity contribution is 5.90. The van der Waals surface area contributed by atoms with Crippen LogP contribution in [-0.2, 0) is 24.1 Å². The number of rotatable bonds is 14. The number of benzene rings is 3. The molecule has 0 aliphatic rings. The number of ether oxygens (including phenoxy) is 3. The van der Waals surface area contributed by atoms with Crippen LogP contribution in [0.5, 0.6) is 17.2 Å². The Kier molecular flexibility index (Phi) is 9.29. The lowest BCUT2D eigenvalue weighted by Crippen LogP contribution is -2.04. The largest absolute Gasteiger partial charge is 0.493 e. The maximum Gasteiger partial charge on any atom is 0.159 e. The maximum absolute atomic E-state index is 11.5. The van der Waals surface area contributed by atoms with Gasteiger partial charge in [-0.1, -0.05) is 62.2 Å². The lowest BCUT2D eigenvalue weighted by atomic mass is 10.1. The molecule has 0 unspecified atom stereocenters. The van der Waals surface area contributed by atoms with Crippen molar-refractivity contribution in [3.63, 3.8) is 0 Å². The second-order valence-corrected chi connectivity index (χ2v) is 7.75. The second-order valence-electron chi connectivity index (χ2n) is 7.75. The molecule has 4 heteroatoms. The van der Waals surface area contributed by atoms with E-state index in [0.717, 1.165) is 46.8 Å². The van der Waals surface area contributed by atoms with Crippen LogP contribution in [0.1, 0.15) is 16.7 Å². The third-order valence-corrected chi connectivity index (χ3v) is 5.15. The molecule has 34 heavy (non-hydrogen) atoms. The minimum absolute atomic E-state index is 0.0246. The van der Waals surface area contributed by atoms with Gasteiger partial charge in [-0.15, -0.1) is 0 Å². The molecule has 3 aromatic rings. The molecule has 0 N–H and O–H groups in total. The van der Waals surface area contributed by atoms with Crippen molar-refractivity contribution in [1.82, 2.24) is 0 Å². The summed E-state index contributed by atoms with van der Waals surface area (Å²) in [5.74, 6) is 2.83. The molecule has 0 aliphatic heterocycles. The number of allylic oxidation sites excluding steroid dienone is 2. The Balaban J connectivity index is 1.41. The van der Waals surface area contributed by atoms with Gasteiger partial charge in [-0.05, 0) is 53.1 Å². The maximum atomic E-state index is 11.5. The van der Waals surface area contributed by atoms with Crippen LogP contribution in [0.2, 0.25) is 0 Å². The SMILES string of the molecule is C=CC(=C)Oc1ccc(CCOc2cccc(OCCc3ccc(CC(=O)C=C)cc3)c2)cc1. The lowest BCUT2D eigenvalue weighted by Gasteiger charge is -2.10. The van der Waals surface area contributed by atoms with Gasteiger partial charge in [-0.3, -0.25) is 4.79 Å². The molecule has 3 rings (SSSR count). The first kappa shape index (κ1) is 24.6. The van der Waals surface area contributed by atoms with Crippen LogP contribution in [0.25, 0.3) is 0 Å². The highest BCUT2D eigenvalue weighted by Gasteiger charge is 2.03. The molecule has 0 aromatic heterocycles. The van der Waals surface area contributed by atoms with E-state index < -0.39 is 0 Å². The molecule has 0 saturated heterocycles. The molecular weight excluding hydrogens is 424 g/mol. The molecule has 0 amide bonds. The number of carbonyl (C=O) groups excluding carboxylic acids is 1. The fraction of sp³-hybridized carbons (Fsp3) is 0.167. The monoisotopic (exact) mass is 454 g/mol. The van der Waals surface area contributed by atoms with E-state index in [1.165, 1.54) is 6.08 Å². The van der Waals surface area contributed by atoms with Crippen LogP contribution in [-0.4, -0.2) is 19.0 Å². The zero-order chi connectivity index (χ0) is 24.2. The van der Waals surface area contributed by atoms with E-state index in [4.69, 9.17) is 14.2 Å². The van der Waals surface area contributed by atoms with E-state index in [2.05, 4.69) is 19.7 Å². The van der Waals surface area contributed by atoms with Crippen LogP contribution in [0.15, 0.2) is 110 Å². The van der Waals surface area contributed by atoms with Crippen molar-refractivity contribution >= 4 is 5.78 Å². The average Bonchev–Trinajstić information content (AvgIpc) is 2.86. The van der Waals surface area contributed by atoms with Crippen LogP contribution >= 0.6 is 0 Å². The van der Waals surface area contributed by atoms with Crippen LogP contribution < -0.4 is 14.2 Å². The van der Waals surface area contributed by atoms with Gasteiger partial charge in [0, 0.05) is 25.3 Å². The summed E-state index contributed by atoms with van der Waals surface area (Å²) in [5, 5.41) is 0. The number of ketones is 1. The number of hydrogen-bond acceptors (Lipinski definition) is 4. The zero-order valence-corrected chi connectivity index (χ0v) is 19.4. The molecule has 0 aliphatic carbocycles.